The van der Waals surface area contributed by atoms with Gasteiger partial charge in [-0.05, 0) is 118 Å². The van der Waals surface area contributed by atoms with E-state index in [1.54, 1.807) is 0 Å². The fourth-order valence-corrected chi connectivity index (χ4v) is 9.56. The molecule has 12 rings (SSSR count). The lowest BCUT2D eigenvalue weighted by Crippen LogP contribution is -1.94. The maximum absolute atomic E-state index is 2.46. The van der Waals surface area contributed by atoms with Gasteiger partial charge in [0, 0.05) is 21.8 Å². The van der Waals surface area contributed by atoms with Crippen molar-refractivity contribution in [2.24, 2.45) is 0 Å². The average Bonchev–Trinajstić information content (AvgIpc) is 3.60. The number of fused-ring (bicyclic) bond motifs is 16. The topological polar surface area (TPSA) is 4.93 Å². The zero-order chi connectivity index (χ0) is 36.0. The van der Waals surface area contributed by atoms with E-state index in [1.807, 2.05) is 0 Å². The molecule has 0 fully saturated rings. The molecule has 0 radical (unpaired) electrons. The second-order valence-electron chi connectivity index (χ2n) is 14.8. The largest absolute Gasteiger partial charge is 0.309 e. The van der Waals surface area contributed by atoms with Gasteiger partial charge < -0.3 is 4.57 Å². The van der Waals surface area contributed by atoms with Crippen LogP contribution < -0.4 is 0 Å². The zero-order valence-corrected chi connectivity index (χ0v) is 30.0. The Labute approximate surface area is 317 Å². The molecule has 0 saturated carbocycles. The van der Waals surface area contributed by atoms with Gasteiger partial charge in [0.15, 0.2) is 0 Å². The van der Waals surface area contributed by atoms with Gasteiger partial charge in [-0.1, -0.05) is 164 Å². The molecule has 0 saturated heterocycles. The molecule has 0 unspecified atom stereocenters. The summed E-state index contributed by atoms with van der Waals surface area (Å²) in [7, 11) is 0. The Morgan fingerprint density at radius 2 is 0.709 bits per heavy atom. The second kappa shape index (κ2) is 11.6. The van der Waals surface area contributed by atoms with Crippen LogP contribution in [0.2, 0.25) is 0 Å². The van der Waals surface area contributed by atoms with Crippen molar-refractivity contribution < 1.29 is 0 Å². The van der Waals surface area contributed by atoms with E-state index >= 15 is 0 Å². The Balaban J connectivity index is 1.17. The molecule has 11 aromatic carbocycles. The molecule has 0 amide bonds. The standard InChI is InChI=1S/C54H33N/c1-3-15-34(16-4-1)47-33-50-49-32-36(28-30-51(49)55(37-17-5-2-6-18-37)54(50)46-26-14-10-22-41(46)47)35-27-29-45-48(31-35)40-21-9-13-25-44(40)52-42-23-11-7-19-38(42)39-20-8-12-24-43(39)53(45)52/h1-33H. The minimum absolute atomic E-state index is 1.16. The van der Waals surface area contributed by atoms with Gasteiger partial charge in [-0.15, -0.1) is 0 Å². The molecule has 1 heterocycles. The van der Waals surface area contributed by atoms with E-state index in [4.69, 9.17) is 0 Å². The van der Waals surface area contributed by atoms with Crippen LogP contribution in [0.4, 0.5) is 0 Å². The number of benzene rings is 11. The second-order valence-corrected chi connectivity index (χ2v) is 14.8. The van der Waals surface area contributed by atoms with Crippen molar-refractivity contribution in [3.63, 3.8) is 0 Å². The van der Waals surface area contributed by atoms with E-state index in [2.05, 4.69) is 205 Å². The zero-order valence-electron chi connectivity index (χ0n) is 30.0. The van der Waals surface area contributed by atoms with Crippen molar-refractivity contribution in [2.45, 2.75) is 0 Å². The third-order valence-electron chi connectivity index (χ3n) is 11.9. The third kappa shape index (κ3) is 4.35. The molecule has 12 aromatic rings. The quantitative estimate of drug-likeness (QED) is 0.162. The highest BCUT2D eigenvalue weighted by Crippen LogP contribution is 2.46. The van der Waals surface area contributed by atoms with Gasteiger partial charge in [0.05, 0.1) is 11.0 Å². The number of rotatable bonds is 3. The highest BCUT2D eigenvalue weighted by molar-refractivity contribution is 6.39. The molecule has 1 nitrogen and oxygen atoms in total. The number of hydrogen-bond acceptors (Lipinski definition) is 0. The lowest BCUT2D eigenvalue weighted by molar-refractivity contribution is 1.19. The van der Waals surface area contributed by atoms with Gasteiger partial charge in [0.2, 0.25) is 0 Å². The van der Waals surface area contributed by atoms with Gasteiger partial charge in [-0.25, -0.2) is 0 Å². The van der Waals surface area contributed by atoms with E-state index < -0.39 is 0 Å². The molecular weight excluding hydrogens is 663 g/mol. The number of nitrogens with zero attached hydrogens (tertiary/aromatic N) is 1. The first-order valence-electron chi connectivity index (χ1n) is 19.1. The minimum atomic E-state index is 1.16. The van der Waals surface area contributed by atoms with Crippen LogP contribution in [0.15, 0.2) is 200 Å². The Hall–Kier alpha value is -7.22. The first kappa shape index (κ1) is 30.3. The van der Waals surface area contributed by atoms with Gasteiger partial charge >= 0.3 is 0 Å². The minimum Gasteiger partial charge on any atom is -0.309 e. The Morgan fingerprint density at radius 3 is 1.33 bits per heavy atom. The normalized spacial score (nSPS) is 12.0. The molecule has 0 spiro atoms. The fraction of sp³-hybridized carbons (Fsp3) is 0. The predicted molar refractivity (Wildman–Crippen MR) is 237 cm³/mol. The van der Waals surface area contributed by atoms with Crippen molar-refractivity contribution in [3.8, 4) is 27.9 Å². The van der Waals surface area contributed by atoms with E-state index in [1.165, 1.54) is 109 Å². The molecule has 0 aliphatic carbocycles. The molecule has 0 aliphatic heterocycles. The number of para-hydroxylation sites is 1. The number of hydrogen-bond donors (Lipinski definition) is 0. The first-order valence-corrected chi connectivity index (χ1v) is 19.1. The third-order valence-corrected chi connectivity index (χ3v) is 11.9. The molecule has 1 aromatic heterocycles. The lowest BCUT2D eigenvalue weighted by atomic mass is 9.86. The summed E-state index contributed by atoms with van der Waals surface area (Å²) in [4.78, 5) is 0. The van der Waals surface area contributed by atoms with Gasteiger partial charge in [-0.3, -0.25) is 0 Å². The molecule has 1 heteroatoms. The van der Waals surface area contributed by atoms with Crippen molar-refractivity contribution in [2.75, 3.05) is 0 Å². The smallest absolute Gasteiger partial charge is 0.0619 e. The SMILES string of the molecule is c1ccc(-c2cc3c4cc(-c5ccc6c(c5)c5ccccc5c5c7ccccc7c7ccccc7c65)ccc4n(-c4ccccc4)c3c3ccccc23)cc1. The summed E-state index contributed by atoms with van der Waals surface area (Å²) in [6, 6.07) is 74.0. The van der Waals surface area contributed by atoms with E-state index in [0.717, 1.165) is 5.69 Å². The van der Waals surface area contributed by atoms with Crippen LogP contribution in [0.5, 0.6) is 0 Å². The van der Waals surface area contributed by atoms with E-state index in [9.17, 15) is 0 Å². The Bertz CT molecular complexity index is 3520. The summed E-state index contributed by atoms with van der Waals surface area (Å²) in [6.07, 6.45) is 0. The van der Waals surface area contributed by atoms with Crippen LogP contribution in [0.3, 0.4) is 0 Å². The van der Waals surface area contributed by atoms with Crippen LogP contribution in [-0.2, 0) is 0 Å². The summed E-state index contributed by atoms with van der Waals surface area (Å²) < 4.78 is 2.46. The molecular formula is C54H33N. The van der Waals surface area contributed by atoms with E-state index in [0.29, 0.717) is 0 Å². The predicted octanol–water partition coefficient (Wildman–Crippen LogP) is 15.0. The van der Waals surface area contributed by atoms with Crippen LogP contribution in [-0.4, -0.2) is 4.57 Å². The summed E-state index contributed by atoms with van der Waals surface area (Å²) >= 11 is 0. The van der Waals surface area contributed by atoms with Gasteiger partial charge in [0.25, 0.3) is 0 Å². The van der Waals surface area contributed by atoms with E-state index in [-0.39, 0.29) is 0 Å². The van der Waals surface area contributed by atoms with Crippen LogP contribution >= 0.6 is 0 Å². The maximum atomic E-state index is 2.46. The molecule has 0 N–H and O–H groups in total. The highest BCUT2D eigenvalue weighted by atomic mass is 15.0. The highest BCUT2D eigenvalue weighted by Gasteiger charge is 2.20. The molecule has 55 heavy (non-hydrogen) atoms. The number of aromatic nitrogens is 1. The first-order chi connectivity index (χ1) is 27.3. The maximum Gasteiger partial charge on any atom is 0.0619 e. The van der Waals surface area contributed by atoms with Crippen molar-refractivity contribution in [1.82, 2.24) is 4.57 Å². The summed E-state index contributed by atoms with van der Waals surface area (Å²) in [5.74, 6) is 0. The molecule has 0 atom stereocenters. The average molecular weight is 696 g/mol. The van der Waals surface area contributed by atoms with Crippen LogP contribution in [0.25, 0.3) is 114 Å². The van der Waals surface area contributed by atoms with Crippen molar-refractivity contribution >= 4 is 86.4 Å². The Morgan fingerprint density at radius 1 is 0.255 bits per heavy atom. The van der Waals surface area contributed by atoms with Crippen molar-refractivity contribution in [3.05, 3.63) is 200 Å². The molecule has 0 aliphatic rings. The molecule has 254 valence electrons. The van der Waals surface area contributed by atoms with Crippen LogP contribution in [0, 0.1) is 0 Å². The van der Waals surface area contributed by atoms with Crippen LogP contribution in [0.1, 0.15) is 0 Å². The molecule has 0 bridgehead atoms. The summed E-state index contributed by atoms with van der Waals surface area (Å²) in [5, 5.41) is 18.1. The fourth-order valence-electron chi connectivity index (χ4n) is 9.56. The lowest BCUT2D eigenvalue weighted by Gasteiger charge is -2.17. The van der Waals surface area contributed by atoms with Gasteiger partial charge in [-0.2, -0.15) is 0 Å². The summed E-state index contributed by atoms with van der Waals surface area (Å²) in [5.41, 5.74) is 8.52. The monoisotopic (exact) mass is 695 g/mol. The summed E-state index contributed by atoms with van der Waals surface area (Å²) in [6.45, 7) is 0. The van der Waals surface area contributed by atoms with Gasteiger partial charge in [0.1, 0.15) is 0 Å². The van der Waals surface area contributed by atoms with Crippen molar-refractivity contribution in [1.29, 1.82) is 0 Å². The Kier molecular flexibility index (Phi) is 6.40.